The molecule has 1 heterocycles. The molecule has 0 saturated heterocycles. The second-order valence-corrected chi connectivity index (χ2v) is 8.41. The summed E-state index contributed by atoms with van der Waals surface area (Å²) < 4.78 is 2.00. The molecule has 0 N–H and O–H groups in total. The molecule has 30 heavy (non-hydrogen) atoms. The molecule has 0 aliphatic carbocycles. The summed E-state index contributed by atoms with van der Waals surface area (Å²) in [6.07, 6.45) is 0.641. The first-order chi connectivity index (χ1) is 14.5. The minimum Gasteiger partial charge on any atom is -0.338 e. The van der Waals surface area contributed by atoms with Crippen LogP contribution in [0.5, 0.6) is 0 Å². The van der Waals surface area contributed by atoms with Crippen LogP contribution in [0.25, 0.3) is 5.69 Å². The lowest BCUT2D eigenvalue weighted by Crippen LogP contribution is -2.33. The van der Waals surface area contributed by atoms with Gasteiger partial charge in [-0.1, -0.05) is 65.8 Å². The van der Waals surface area contributed by atoms with Gasteiger partial charge in [0.15, 0.2) is 5.16 Å². The van der Waals surface area contributed by atoms with Crippen LogP contribution < -0.4 is 0 Å². The fourth-order valence-electron chi connectivity index (χ4n) is 3.06. The van der Waals surface area contributed by atoms with Gasteiger partial charge in [0, 0.05) is 30.2 Å². The summed E-state index contributed by atoms with van der Waals surface area (Å²) in [6.45, 7) is 9.02. The van der Waals surface area contributed by atoms with Gasteiger partial charge in [-0.2, -0.15) is 0 Å². The molecule has 0 saturated carbocycles. The summed E-state index contributed by atoms with van der Waals surface area (Å²) in [5.74, 6) is 1.16. The van der Waals surface area contributed by atoms with Gasteiger partial charge in [-0.05, 0) is 43.7 Å². The third-order valence-corrected chi connectivity index (χ3v) is 5.68. The van der Waals surface area contributed by atoms with Gasteiger partial charge < -0.3 is 4.90 Å². The highest BCUT2D eigenvalue weighted by Crippen LogP contribution is 2.25. The third-order valence-electron chi connectivity index (χ3n) is 4.51. The van der Waals surface area contributed by atoms with E-state index in [1.165, 1.54) is 11.8 Å². The molecule has 3 aromatic rings. The smallest absolute Gasteiger partial charge is 0.233 e. The maximum Gasteiger partial charge on any atom is 0.233 e. The molecule has 1 aromatic heterocycles. The van der Waals surface area contributed by atoms with E-state index in [1.807, 2.05) is 60.9 Å². The SMILES string of the molecule is C=C(C)CN(CC)C(=O)CSc1nnc(Cc2ccccc2)n1-c1ccc(Cl)cc1. The van der Waals surface area contributed by atoms with Gasteiger partial charge in [-0.15, -0.1) is 10.2 Å². The Kier molecular flexibility index (Phi) is 7.71. The number of thioether (sulfide) groups is 1. The predicted molar refractivity (Wildman–Crippen MR) is 123 cm³/mol. The van der Waals surface area contributed by atoms with E-state index in [2.05, 4.69) is 28.9 Å². The van der Waals surface area contributed by atoms with Gasteiger partial charge >= 0.3 is 0 Å². The average molecular weight is 441 g/mol. The molecule has 0 spiro atoms. The van der Waals surface area contributed by atoms with E-state index in [9.17, 15) is 4.79 Å². The Labute approximate surface area is 186 Å². The number of benzene rings is 2. The number of rotatable bonds is 9. The quantitative estimate of drug-likeness (QED) is 0.346. The maximum atomic E-state index is 12.7. The standard InChI is InChI=1S/C23H25ClN4OS/c1-4-27(15-17(2)3)22(29)16-30-23-26-25-21(14-18-8-6-5-7-9-18)28(23)20-12-10-19(24)11-13-20/h5-13H,2,4,14-16H2,1,3H3. The predicted octanol–water partition coefficient (Wildman–Crippen LogP) is 5.03. The van der Waals surface area contributed by atoms with Crippen LogP contribution in [0.2, 0.25) is 5.02 Å². The Morgan fingerprint density at radius 1 is 1.13 bits per heavy atom. The molecular weight excluding hydrogens is 416 g/mol. The Morgan fingerprint density at radius 3 is 2.47 bits per heavy atom. The van der Waals surface area contributed by atoms with E-state index in [4.69, 9.17) is 11.6 Å². The summed E-state index contributed by atoms with van der Waals surface area (Å²) in [4.78, 5) is 14.5. The molecule has 2 aromatic carbocycles. The Bertz CT molecular complexity index is 1000. The summed E-state index contributed by atoms with van der Waals surface area (Å²) in [7, 11) is 0. The van der Waals surface area contributed by atoms with Gasteiger partial charge in [-0.25, -0.2) is 0 Å². The highest BCUT2D eigenvalue weighted by molar-refractivity contribution is 7.99. The minimum absolute atomic E-state index is 0.0563. The topological polar surface area (TPSA) is 51.0 Å². The molecule has 0 atom stereocenters. The molecular formula is C23H25ClN4OS. The zero-order valence-corrected chi connectivity index (χ0v) is 18.8. The van der Waals surface area contributed by atoms with Crippen molar-refractivity contribution >= 4 is 29.3 Å². The molecule has 1 amide bonds. The number of carbonyl (C=O) groups is 1. The van der Waals surface area contributed by atoms with E-state index >= 15 is 0 Å². The Balaban J connectivity index is 1.85. The summed E-state index contributed by atoms with van der Waals surface area (Å²) in [5, 5.41) is 10.2. The molecule has 0 aliphatic rings. The lowest BCUT2D eigenvalue weighted by molar-refractivity contribution is -0.127. The first-order valence-electron chi connectivity index (χ1n) is 9.77. The van der Waals surface area contributed by atoms with Crippen LogP contribution in [0.4, 0.5) is 0 Å². The monoisotopic (exact) mass is 440 g/mol. The Morgan fingerprint density at radius 2 is 1.83 bits per heavy atom. The first-order valence-corrected chi connectivity index (χ1v) is 11.1. The van der Waals surface area contributed by atoms with Crippen LogP contribution in [-0.4, -0.2) is 44.4 Å². The van der Waals surface area contributed by atoms with Crippen LogP contribution in [0.15, 0.2) is 71.9 Å². The van der Waals surface area contributed by atoms with Crippen molar-refractivity contribution in [3.8, 4) is 5.69 Å². The molecule has 0 radical (unpaired) electrons. The summed E-state index contributed by atoms with van der Waals surface area (Å²) >= 11 is 7.47. The Hall–Kier alpha value is -2.57. The minimum atomic E-state index is 0.0563. The number of carbonyl (C=O) groups excluding carboxylic acids is 1. The van der Waals surface area contributed by atoms with Crippen LogP contribution in [0.1, 0.15) is 25.2 Å². The van der Waals surface area contributed by atoms with Crippen molar-refractivity contribution in [1.82, 2.24) is 19.7 Å². The summed E-state index contributed by atoms with van der Waals surface area (Å²) in [5.41, 5.74) is 3.02. The summed E-state index contributed by atoms with van der Waals surface area (Å²) in [6, 6.07) is 17.7. The van der Waals surface area contributed by atoms with Gasteiger partial charge in [0.2, 0.25) is 5.91 Å². The van der Waals surface area contributed by atoms with Crippen LogP contribution >= 0.6 is 23.4 Å². The first kappa shape index (κ1) is 22.1. The molecule has 0 aliphatic heterocycles. The molecule has 3 rings (SSSR count). The van der Waals surface area contributed by atoms with Crippen LogP contribution in [-0.2, 0) is 11.2 Å². The maximum absolute atomic E-state index is 12.7. The van der Waals surface area contributed by atoms with Crippen molar-refractivity contribution in [2.45, 2.75) is 25.4 Å². The normalized spacial score (nSPS) is 10.8. The van der Waals surface area contributed by atoms with Gasteiger partial charge in [0.25, 0.3) is 0 Å². The van der Waals surface area contributed by atoms with Crippen molar-refractivity contribution in [2.24, 2.45) is 0 Å². The highest BCUT2D eigenvalue weighted by Gasteiger charge is 2.18. The van der Waals surface area contributed by atoms with Crippen LogP contribution in [0, 0.1) is 0 Å². The second kappa shape index (κ2) is 10.5. The van der Waals surface area contributed by atoms with E-state index in [-0.39, 0.29) is 11.7 Å². The second-order valence-electron chi connectivity index (χ2n) is 7.03. The average Bonchev–Trinajstić information content (AvgIpc) is 3.13. The van der Waals surface area contributed by atoms with E-state index in [0.717, 1.165) is 22.6 Å². The zero-order chi connectivity index (χ0) is 21.5. The van der Waals surface area contributed by atoms with Gasteiger partial charge in [0.05, 0.1) is 5.75 Å². The molecule has 0 fully saturated rings. The van der Waals surface area contributed by atoms with Crippen molar-refractivity contribution < 1.29 is 4.79 Å². The number of likely N-dealkylation sites (N-methyl/N-ethyl adjacent to an activating group) is 1. The van der Waals surface area contributed by atoms with Gasteiger partial charge in [0.1, 0.15) is 5.82 Å². The molecule has 156 valence electrons. The lowest BCUT2D eigenvalue weighted by Gasteiger charge is -2.20. The molecule has 0 unspecified atom stereocenters. The largest absolute Gasteiger partial charge is 0.338 e. The fourth-order valence-corrected chi connectivity index (χ4v) is 4.06. The van der Waals surface area contributed by atoms with Gasteiger partial charge in [-0.3, -0.25) is 9.36 Å². The number of amides is 1. The molecule has 7 heteroatoms. The van der Waals surface area contributed by atoms with Crippen molar-refractivity contribution in [3.05, 3.63) is 83.2 Å². The number of halogens is 1. The van der Waals surface area contributed by atoms with Crippen molar-refractivity contribution in [3.63, 3.8) is 0 Å². The number of hydrogen-bond donors (Lipinski definition) is 0. The van der Waals surface area contributed by atoms with Crippen molar-refractivity contribution in [1.29, 1.82) is 0 Å². The number of aromatic nitrogens is 3. The highest BCUT2D eigenvalue weighted by atomic mass is 35.5. The number of nitrogens with zero attached hydrogens (tertiary/aromatic N) is 4. The van der Waals surface area contributed by atoms with E-state index < -0.39 is 0 Å². The van der Waals surface area contributed by atoms with Crippen LogP contribution in [0.3, 0.4) is 0 Å². The fraction of sp³-hybridized carbons (Fsp3) is 0.261. The van der Waals surface area contributed by atoms with E-state index in [0.29, 0.717) is 29.7 Å². The third kappa shape index (κ3) is 5.74. The van der Waals surface area contributed by atoms with E-state index in [1.54, 1.807) is 4.90 Å². The van der Waals surface area contributed by atoms with Crippen molar-refractivity contribution in [2.75, 3.05) is 18.8 Å². The molecule has 0 bridgehead atoms. The molecule has 5 nitrogen and oxygen atoms in total. The zero-order valence-electron chi connectivity index (χ0n) is 17.2. The number of hydrogen-bond acceptors (Lipinski definition) is 4. The lowest BCUT2D eigenvalue weighted by atomic mass is 10.1.